The van der Waals surface area contributed by atoms with Gasteiger partial charge in [0.15, 0.2) is 0 Å². The van der Waals surface area contributed by atoms with E-state index in [4.69, 9.17) is 0 Å². The van der Waals surface area contributed by atoms with E-state index >= 15 is 0 Å². The zero-order valence-electron chi connectivity index (χ0n) is 46.2. The largest absolute Gasteiger partial charge is 0.333 e. The highest BCUT2D eigenvalue weighted by Gasteiger charge is 2.28. The minimum atomic E-state index is 0.0716. The molecule has 82 heavy (non-hydrogen) atoms. The Morgan fingerprint density at radius 2 is 1.28 bits per heavy atom. The standard InChI is InChI=1S/C78H61N3S/c1-4-7-10-30-61-52-73-75(68-35-19-20-36-72(68)81(73)64-47-45-63(46-48-64)80(66-44-40-56-27-15-16-29-59(56)51-66)71-37-22-31-58-28-17-18-34-67(58)71)76-69-49-41-53(5-2)74(78(69)82-77(61)76)70(6-3)79(62-42-38-57(39-43-62)54-23-11-8-12-24-54)65-33-21-32-60(50-65)55-25-13-9-14-26-55/h4-21,23-36,38-47,49-52,64H,2,22,37,48H2,1,3H3/b7-4-,30-10-,70-6+. The number of hydrogen-bond donors (Lipinski definition) is 0. The first-order chi connectivity index (χ1) is 40.6. The number of rotatable bonds is 13. The number of allylic oxidation sites excluding steroid dienone is 7. The van der Waals surface area contributed by atoms with Gasteiger partial charge in [0.25, 0.3) is 0 Å². The Kier molecular flexibility index (Phi) is 13.4. The van der Waals surface area contributed by atoms with Crippen molar-refractivity contribution in [3.8, 4) is 22.3 Å². The first-order valence-electron chi connectivity index (χ1n) is 28.7. The molecule has 0 spiro atoms. The minimum absolute atomic E-state index is 0.0716. The van der Waals surface area contributed by atoms with Crippen molar-refractivity contribution in [1.82, 2.24) is 4.57 Å². The molecule has 2 aliphatic carbocycles. The molecule has 2 heterocycles. The number of anilines is 3. The molecule has 0 radical (unpaired) electrons. The molecule has 10 aromatic carbocycles. The topological polar surface area (TPSA) is 11.4 Å². The zero-order chi connectivity index (χ0) is 55.1. The smallest absolute Gasteiger partial charge is 0.0561 e. The summed E-state index contributed by atoms with van der Waals surface area (Å²) >= 11 is 1.90. The number of hydrogen-bond acceptors (Lipinski definition) is 3. The summed E-state index contributed by atoms with van der Waals surface area (Å²) in [6.45, 7) is 8.75. The highest BCUT2D eigenvalue weighted by Crippen LogP contribution is 2.50. The van der Waals surface area contributed by atoms with Crippen LogP contribution in [0.2, 0.25) is 0 Å². The van der Waals surface area contributed by atoms with Gasteiger partial charge in [0.05, 0.1) is 17.3 Å². The molecule has 0 aliphatic heterocycles. The van der Waals surface area contributed by atoms with Gasteiger partial charge < -0.3 is 14.4 Å². The maximum atomic E-state index is 4.49. The Bertz CT molecular complexity index is 4760. The van der Waals surface area contributed by atoms with E-state index in [-0.39, 0.29) is 6.04 Å². The van der Waals surface area contributed by atoms with Crippen LogP contribution in [0.1, 0.15) is 55.8 Å². The third-order valence-corrected chi connectivity index (χ3v) is 17.9. The van der Waals surface area contributed by atoms with Crippen molar-refractivity contribution < 1.29 is 0 Å². The van der Waals surface area contributed by atoms with Crippen LogP contribution < -0.4 is 20.2 Å². The molecule has 0 N–H and O–H groups in total. The van der Waals surface area contributed by atoms with Crippen LogP contribution in [0.4, 0.5) is 17.1 Å². The Morgan fingerprint density at radius 3 is 2.06 bits per heavy atom. The normalized spacial score (nSPS) is 14.6. The van der Waals surface area contributed by atoms with Crippen molar-refractivity contribution in [1.29, 1.82) is 0 Å². The Hall–Kier alpha value is -9.74. The second-order valence-corrected chi connectivity index (χ2v) is 22.3. The first-order valence-corrected chi connectivity index (χ1v) is 29.5. The second-order valence-electron chi connectivity index (χ2n) is 21.3. The van der Waals surface area contributed by atoms with Crippen LogP contribution in [0.25, 0.3) is 105 Å². The van der Waals surface area contributed by atoms with E-state index in [1.165, 1.54) is 103 Å². The lowest BCUT2D eigenvalue weighted by atomic mass is 9.96. The summed E-state index contributed by atoms with van der Waals surface area (Å²) in [6, 6.07) is 80.2. The monoisotopic (exact) mass is 1070 g/mol. The number of aromatic nitrogens is 1. The third-order valence-electron chi connectivity index (χ3n) is 16.6. The highest BCUT2D eigenvalue weighted by molar-refractivity contribution is 7.26. The molecule has 0 saturated carbocycles. The van der Waals surface area contributed by atoms with Crippen molar-refractivity contribution in [2.75, 3.05) is 9.80 Å². The molecule has 0 bridgehead atoms. The molecule has 12 aromatic rings. The van der Waals surface area contributed by atoms with Crippen LogP contribution in [0.15, 0.2) is 273 Å². The van der Waals surface area contributed by atoms with E-state index in [9.17, 15) is 0 Å². The van der Waals surface area contributed by atoms with Crippen LogP contribution in [0, 0.1) is 0 Å². The van der Waals surface area contributed by atoms with E-state index in [0.717, 1.165) is 53.0 Å². The third kappa shape index (κ3) is 8.93. The quantitative estimate of drug-likeness (QED) is 0.107. The van der Waals surface area contributed by atoms with Crippen LogP contribution in [-0.2, 0) is 0 Å². The molecule has 0 saturated heterocycles. The molecule has 1 unspecified atom stereocenters. The van der Waals surface area contributed by atoms with Gasteiger partial charge in [0.1, 0.15) is 0 Å². The van der Waals surface area contributed by atoms with E-state index in [0.29, 0.717) is 0 Å². The van der Waals surface area contributed by atoms with Crippen molar-refractivity contribution >= 4 is 111 Å². The van der Waals surface area contributed by atoms with Crippen LogP contribution >= 0.6 is 11.3 Å². The van der Waals surface area contributed by atoms with Gasteiger partial charge in [-0.1, -0.05) is 231 Å². The molecule has 14 rings (SSSR count). The van der Waals surface area contributed by atoms with Crippen molar-refractivity contribution in [3.05, 3.63) is 300 Å². The SMILES string of the molecule is C=Cc1ccc2c(sc3c(/C=C\C=C/C)cc4c(c5ccccc5n4C4C=CC(N(C5=c6ccccc6=CCC5)c5ccc6ccccc6c5)=CC4)c32)c1/C(=C\C)N(c1ccc(-c2ccccc2)cc1)c1cccc(-c2ccccc2)c1. The number of benzene rings is 10. The minimum Gasteiger partial charge on any atom is -0.333 e. The van der Waals surface area contributed by atoms with E-state index in [1.807, 2.05) is 17.4 Å². The first kappa shape index (κ1) is 50.5. The lowest BCUT2D eigenvalue weighted by Crippen LogP contribution is -2.36. The summed E-state index contributed by atoms with van der Waals surface area (Å²) in [5.41, 5.74) is 17.6. The molecular weight excluding hydrogens is 1010 g/mol. The van der Waals surface area contributed by atoms with Crippen LogP contribution in [-0.4, -0.2) is 4.57 Å². The second kappa shape index (κ2) is 21.7. The fourth-order valence-electron chi connectivity index (χ4n) is 12.8. The summed E-state index contributed by atoms with van der Waals surface area (Å²) in [4.78, 5) is 4.99. The van der Waals surface area contributed by atoms with Gasteiger partial charge in [0, 0.05) is 75.7 Å². The predicted octanol–water partition coefficient (Wildman–Crippen LogP) is 20.4. The Labute approximate surface area is 484 Å². The highest BCUT2D eigenvalue weighted by atomic mass is 32.1. The van der Waals surface area contributed by atoms with E-state index in [1.54, 1.807) is 0 Å². The van der Waals surface area contributed by atoms with Crippen molar-refractivity contribution in [3.63, 3.8) is 0 Å². The van der Waals surface area contributed by atoms with Gasteiger partial charge in [-0.3, -0.25) is 0 Å². The summed E-state index contributed by atoms with van der Waals surface area (Å²) in [5.74, 6) is 0. The lowest BCUT2D eigenvalue weighted by molar-refractivity contribution is 0.643. The Morgan fingerprint density at radius 1 is 0.561 bits per heavy atom. The van der Waals surface area contributed by atoms with Gasteiger partial charge in [-0.15, -0.1) is 11.3 Å². The van der Waals surface area contributed by atoms with Crippen molar-refractivity contribution in [2.24, 2.45) is 0 Å². The lowest BCUT2D eigenvalue weighted by Gasteiger charge is -2.32. The van der Waals surface area contributed by atoms with Gasteiger partial charge in [-0.25, -0.2) is 0 Å². The summed E-state index contributed by atoms with van der Waals surface area (Å²) < 4.78 is 5.12. The molecule has 0 fully saturated rings. The molecule has 1 atom stereocenters. The number of para-hydroxylation sites is 1. The van der Waals surface area contributed by atoms with Crippen molar-refractivity contribution in [2.45, 2.75) is 39.2 Å². The predicted molar refractivity (Wildman–Crippen MR) is 356 cm³/mol. The fraction of sp³-hybridized carbons (Fsp3) is 0.0769. The van der Waals surface area contributed by atoms with Gasteiger partial charge in [-0.05, 0) is 137 Å². The van der Waals surface area contributed by atoms with Crippen LogP contribution in [0.5, 0.6) is 0 Å². The summed E-state index contributed by atoms with van der Waals surface area (Å²) in [7, 11) is 0. The average molecular weight is 1070 g/mol. The fourth-order valence-corrected chi connectivity index (χ4v) is 14.2. The Balaban J connectivity index is 0.950. The maximum absolute atomic E-state index is 4.49. The van der Waals surface area contributed by atoms with E-state index < -0.39 is 0 Å². The van der Waals surface area contributed by atoms with Crippen LogP contribution in [0.3, 0.4) is 0 Å². The molecule has 4 heteroatoms. The zero-order valence-corrected chi connectivity index (χ0v) is 47.0. The molecule has 3 nitrogen and oxygen atoms in total. The molecule has 2 aliphatic rings. The summed E-state index contributed by atoms with van der Waals surface area (Å²) in [6.07, 6.45) is 25.6. The molecule has 2 aromatic heterocycles. The summed E-state index contributed by atoms with van der Waals surface area (Å²) in [5, 5.41) is 10.2. The number of thiophene rings is 1. The van der Waals surface area contributed by atoms with Gasteiger partial charge in [0.2, 0.25) is 0 Å². The maximum Gasteiger partial charge on any atom is 0.0561 e. The van der Waals surface area contributed by atoms with Gasteiger partial charge >= 0.3 is 0 Å². The van der Waals surface area contributed by atoms with Gasteiger partial charge in [-0.2, -0.15) is 0 Å². The molecule has 0 amide bonds. The number of fused-ring (bicyclic) bond motifs is 9. The number of nitrogens with zero attached hydrogens (tertiary/aromatic N) is 3. The molecular formula is C78H61N3S. The molecule has 394 valence electrons. The van der Waals surface area contributed by atoms with E-state index in [2.05, 4.69) is 308 Å². The average Bonchev–Trinajstić information content (AvgIpc) is 2.25.